The first-order valence-electron chi connectivity index (χ1n) is 6.62. The molecule has 0 aromatic carbocycles. The normalized spacial score (nSPS) is 10.6. The fraction of sp³-hybridized carbons (Fsp3) is 0.357. The van der Waals surface area contributed by atoms with Crippen LogP contribution in [0, 0.1) is 6.92 Å². The number of thioether (sulfide) groups is 1. The number of nitrogens with one attached hydrogen (secondary N) is 1. The highest BCUT2D eigenvalue weighted by Crippen LogP contribution is 2.25. The molecule has 2 aromatic rings. The summed E-state index contributed by atoms with van der Waals surface area (Å²) in [7, 11) is 0. The van der Waals surface area contributed by atoms with Crippen LogP contribution in [0.25, 0.3) is 10.8 Å². The lowest BCUT2D eigenvalue weighted by Gasteiger charge is -2.03. The average molecular weight is 340 g/mol. The van der Waals surface area contributed by atoms with Crippen molar-refractivity contribution in [3.63, 3.8) is 0 Å². The standard InChI is InChI=1S/C14H16N2O4S2/c1-9-10(16-14(20-9)11-3-2-5-22-11)7-12(17)15-4-6-21-8-13(18)19/h2-3,5H,4,6-8H2,1H3,(H,15,17)(H,18,19). The summed E-state index contributed by atoms with van der Waals surface area (Å²) in [6.45, 7) is 2.22. The lowest BCUT2D eigenvalue weighted by molar-refractivity contribution is -0.133. The van der Waals surface area contributed by atoms with Crippen LogP contribution in [0.5, 0.6) is 0 Å². The third kappa shape index (κ3) is 4.88. The number of carbonyl (C=O) groups is 2. The van der Waals surface area contributed by atoms with E-state index in [2.05, 4.69) is 10.3 Å². The van der Waals surface area contributed by atoms with Crippen LogP contribution in [0.3, 0.4) is 0 Å². The van der Waals surface area contributed by atoms with Crippen LogP contribution < -0.4 is 5.32 Å². The molecule has 0 aliphatic carbocycles. The van der Waals surface area contributed by atoms with Gasteiger partial charge in [0.05, 0.1) is 22.7 Å². The molecule has 2 N–H and O–H groups in total. The van der Waals surface area contributed by atoms with E-state index in [4.69, 9.17) is 9.52 Å². The molecule has 1 amide bonds. The van der Waals surface area contributed by atoms with Crippen LogP contribution in [0.1, 0.15) is 11.5 Å². The predicted molar refractivity (Wildman–Crippen MR) is 86.2 cm³/mol. The van der Waals surface area contributed by atoms with Gasteiger partial charge in [-0.1, -0.05) is 6.07 Å². The molecule has 0 saturated carbocycles. The van der Waals surface area contributed by atoms with Gasteiger partial charge in [0.2, 0.25) is 11.8 Å². The molecule has 0 spiro atoms. The first-order chi connectivity index (χ1) is 10.6. The van der Waals surface area contributed by atoms with Crippen molar-refractivity contribution in [3.05, 3.63) is 29.0 Å². The van der Waals surface area contributed by atoms with Crippen LogP contribution in [0.15, 0.2) is 21.9 Å². The summed E-state index contributed by atoms with van der Waals surface area (Å²) in [4.78, 5) is 27.5. The van der Waals surface area contributed by atoms with Gasteiger partial charge >= 0.3 is 5.97 Å². The zero-order chi connectivity index (χ0) is 15.9. The van der Waals surface area contributed by atoms with E-state index in [1.54, 1.807) is 6.92 Å². The maximum absolute atomic E-state index is 11.8. The van der Waals surface area contributed by atoms with Crippen molar-refractivity contribution in [3.8, 4) is 10.8 Å². The predicted octanol–water partition coefficient (Wildman–Crippen LogP) is 2.19. The molecule has 2 aromatic heterocycles. The Morgan fingerprint density at radius 2 is 2.32 bits per heavy atom. The van der Waals surface area contributed by atoms with Crippen molar-refractivity contribution < 1.29 is 19.1 Å². The molecular formula is C14H16N2O4S2. The van der Waals surface area contributed by atoms with Crippen molar-refractivity contribution in [1.29, 1.82) is 0 Å². The lowest BCUT2D eigenvalue weighted by atomic mass is 10.2. The number of rotatable bonds is 8. The minimum atomic E-state index is -0.851. The zero-order valence-electron chi connectivity index (χ0n) is 12.0. The molecule has 0 fully saturated rings. The summed E-state index contributed by atoms with van der Waals surface area (Å²) in [5.74, 6) is 0.783. The number of nitrogens with zero attached hydrogens (tertiary/aromatic N) is 1. The van der Waals surface area contributed by atoms with E-state index >= 15 is 0 Å². The van der Waals surface area contributed by atoms with Crippen LogP contribution in [-0.4, -0.2) is 40.0 Å². The van der Waals surface area contributed by atoms with Crippen LogP contribution in [0.2, 0.25) is 0 Å². The monoisotopic (exact) mass is 340 g/mol. The fourth-order valence-electron chi connectivity index (χ4n) is 1.73. The van der Waals surface area contributed by atoms with Gasteiger partial charge in [0.1, 0.15) is 5.76 Å². The Hall–Kier alpha value is -1.80. The number of hydrogen-bond acceptors (Lipinski definition) is 6. The molecule has 0 bridgehead atoms. The van der Waals surface area contributed by atoms with Gasteiger partial charge in [-0.15, -0.1) is 23.1 Å². The van der Waals surface area contributed by atoms with Gasteiger partial charge in [-0.05, 0) is 18.4 Å². The molecule has 2 heterocycles. The van der Waals surface area contributed by atoms with Crippen molar-refractivity contribution in [2.24, 2.45) is 0 Å². The molecule has 0 aliphatic heterocycles. The van der Waals surface area contributed by atoms with Gasteiger partial charge in [-0.2, -0.15) is 0 Å². The summed E-state index contributed by atoms with van der Waals surface area (Å²) in [5.41, 5.74) is 0.624. The molecule has 0 aliphatic rings. The third-order valence-electron chi connectivity index (χ3n) is 2.75. The molecule has 22 heavy (non-hydrogen) atoms. The molecule has 118 valence electrons. The van der Waals surface area contributed by atoms with Crippen molar-refractivity contribution in [1.82, 2.24) is 10.3 Å². The number of thiophene rings is 1. The SMILES string of the molecule is Cc1oc(-c2cccs2)nc1CC(=O)NCCSCC(=O)O. The second-order valence-corrected chi connectivity index (χ2v) is 6.53. The van der Waals surface area contributed by atoms with Gasteiger partial charge in [-0.25, -0.2) is 4.98 Å². The second-order valence-electron chi connectivity index (χ2n) is 4.47. The summed E-state index contributed by atoms with van der Waals surface area (Å²) < 4.78 is 5.58. The van der Waals surface area contributed by atoms with Gasteiger partial charge in [0.25, 0.3) is 0 Å². The van der Waals surface area contributed by atoms with E-state index in [1.165, 1.54) is 23.1 Å². The second kappa shape index (κ2) is 8.00. The van der Waals surface area contributed by atoms with Gasteiger partial charge in [-0.3, -0.25) is 9.59 Å². The highest BCUT2D eigenvalue weighted by Gasteiger charge is 2.15. The smallest absolute Gasteiger partial charge is 0.313 e. The Kier molecular flexibility index (Phi) is 6.02. The van der Waals surface area contributed by atoms with Crippen molar-refractivity contribution >= 4 is 35.0 Å². The first-order valence-corrected chi connectivity index (χ1v) is 8.66. The van der Waals surface area contributed by atoms with Gasteiger partial charge in [0, 0.05) is 12.3 Å². The Morgan fingerprint density at radius 3 is 3.00 bits per heavy atom. The molecule has 2 rings (SSSR count). The first kappa shape index (κ1) is 16.6. The van der Waals surface area contributed by atoms with Crippen molar-refractivity contribution in [2.75, 3.05) is 18.1 Å². The number of hydrogen-bond donors (Lipinski definition) is 2. The largest absolute Gasteiger partial charge is 0.481 e. The maximum Gasteiger partial charge on any atom is 0.313 e. The number of carboxylic acids is 1. The van der Waals surface area contributed by atoms with Gasteiger partial charge in [0.15, 0.2) is 0 Å². The minimum Gasteiger partial charge on any atom is -0.481 e. The average Bonchev–Trinajstić information content (AvgIpc) is 3.08. The highest BCUT2D eigenvalue weighted by molar-refractivity contribution is 7.99. The number of amides is 1. The molecule has 0 atom stereocenters. The molecule has 0 radical (unpaired) electrons. The number of aliphatic carboxylic acids is 1. The third-order valence-corrected chi connectivity index (χ3v) is 4.55. The Bertz CT molecular complexity index is 637. The van der Waals surface area contributed by atoms with E-state index in [-0.39, 0.29) is 18.1 Å². The summed E-state index contributed by atoms with van der Waals surface area (Å²) >= 11 is 2.80. The highest BCUT2D eigenvalue weighted by atomic mass is 32.2. The van der Waals surface area contributed by atoms with Crippen LogP contribution in [-0.2, 0) is 16.0 Å². The quantitative estimate of drug-likeness (QED) is 0.716. The number of aromatic nitrogens is 1. The Morgan fingerprint density at radius 1 is 1.50 bits per heavy atom. The fourth-order valence-corrected chi connectivity index (χ4v) is 2.95. The maximum atomic E-state index is 11.8. The molecule has 6 nitrogen and oxygen atoms in total. The minimum absolute atomic E-state index is 0.0441. The summed E-state index contributed by atoms with van der Waals surface area (Å²) in [6.07, 6.45) is 0.157. The van der Waals surface area contributed by atoms with E-state index in [0.29, 0.717) is 29.6 Å². The molecule has 0 saturated heterocycles. The number of carboxylic acid groups (broad SMARTS) is 1. The van der Waals surface area contributed by atoms with Gasteiger partial charge < -0.3 is 14.8 Å². The Labute approximate surface area is 135 Å². The topological polar surface area (TPSA) is 92.4 Å². The van der Waals surface area contributed by atoms with E-state index in [0.717, 1.165) is 4.88 Å². The van der Waals surface area contributed by atoms with Crippen LogP contribution >= 0.6 is 23.1 Å². The van der Waals surface area contributed by atoms with E-state index in [1.807, 2.05) is 17.5 Å². The molecule has 0 unspecified atom stereocenters. The number of oxazole rings is 1. The molecular weight excluding hydrogens is 324 g/mol. The van der Waals surface area contributed by atoms with E-state index < -0.39 is 5.97 Å². The lowest BCUT2D eigenvalue weighted by Crippen LogP contribution is -2.27. The summed E-state index contributed by atoms with van der Waals surface area (Å²) in [5, 5.41) is 13.2. The number of aryl methyl sites for hydroxylation is 1. The molecule has 8 heteroatoms. The zero-order valence-corrected chi connectivity index (χ0v) is 13.6. The van der Waals surface area contributed by atoms with E-state index in [9.17, 15) is 9.59 Å². The Balaban J connectivity index is 1.80. The van der Waals surface area contributed by atoms with Crippen molar-refractivity contribution in [2.45, 2.75) is 13.3 Å². The number of carbonyl (C=O) groups excluding carboxylic acids is 1. The van der Waals surface area contributed by atoms with Crippen LogP contribution in [0.4, 0.5) is 0 Å². The summed E-state index contributed by atoms with van der Waals surface area (Å²) in [6, 6.07) is 3.83.